The van der Waals surface area contributed by atoms with Gasteiger partial charge in [0, 0.05) is 5.92 Å². The lowest BCUT2D eigenvalue weighted by Gasteiger charge is -2.16. The summed E-state index contributed by atoms with van der Waals surface area (Å²) in [5, 5.41) is 1.24. The highest BCUT2D eigenvalue weighted by atomic mass is 16.5. The Hall–Kier alpha value is -4.26. The number of benzene rings is 3. The molecular formula is C27H26N2O5. The number of carbonyl (C=O) groups excluding carboxylic acids is 2. The minimum Gasteiger partial charge on any atom is -0.493 e. The van der Waals surface area contributed by atoms with Crippen LogP contribution in [0.15, 0.2) is 84.4 Å². The summed E-state index contributed by atoms with van der Waals surface area (Å²) in [6, 6.07) is 23.9. The maximum absolute atomic E-state index is 12.8. The zero-order chi connectivity index (χ0) is 23.9. The van der Waals surface area contributed by atoms with Gasteiger partial charge >= 0.3 is 0 Å². The zero-order valence-corrected chi connectivity index (χ0v) is 19.1. The molecule has 7 nitrogen and oxygen atoms in total. The first-order valence-corrected chi connectivity index (χ1v) is 11.0. The molecule has 1 saturated heterocycles. The van der Waals surface area contributed by atoms with Crippen molar-refractivity contribution in [3.05, 3.63) is 90.0 Å². The molecule has 34 heavy (non-hydrogen) atoms. The van der Waals surface area contributed by atoms with Crippen molar-refractivity contribution in [3.8, 4) is 17.2 Å². The molecular weight excluding hydrogens is 432 g/mol. The molecule has 0 radical (unpaired) electrons. The van der Waals surface area contributed by atoms with Gasteiger partial charge in [-0.1, -0.05) is 49.4 Å². The number of hydrogen-bond donors (Lipinski definition) is 1. The lowest BCUT2D eigenvalue weighted by atomic mass is 10.1. The number of hydrogen-bond acceptors (Lipinski definition) is 5. The lowest BCUT2D eigenvalue weighted by Crippen LogP contribution is -2.35. The van der Waals surface area contributed by atoms with Gasteiger partial charge in [-0.25, -0.2) is 5.01 Å². The standard InChI is InChI=1S/C27H26N2O5/c1-19(17-33-22-11-7-4-8-12-22)18-34-24-14-13-20(16-25(24)32-2)15-23-26(30)28-29(27(23)31)21-9-5-3-6-10-21/h3-16,19H,17-18H2,1-2H3,(H,28,30)/b23-15+/t19-/m1/s1. The van der Waals surface area contributed by atoms with Crippen LogP contribution in [-0.2, 0) is 9.59 Å². The van der Waals surface area contributed by atoms with Crippen molar-refractivity contribution in [2.45, 2.75) is 6.92 Å². The van der Waals surface area contributed by atoms with Gasteiger partial charge in [0.05, 0.1) is 26.0 Å². The number of rotatable bonds is 9. The molecule has 174 valence electrons. The van der Waals surface area contributed by atoms with E-state index in [0.717, 1.165) is 5.75 Å². The molecule has 0 spiro atoms. The molecule has 1 aliphatic heterocycles. The predicted octanol–water partition coefficient (Wildman–Crippen LogP) is 4.25. The third kappa shape index (κ3) is 5.38. The molecule has 1 fully saturated rings. The average Bonchev–Trinajstić information content (AvgIpc) is 3.16. The smallest absolute Gasteiger partial charge is 0.282 e. The molecule has 0 aliphatic carbocycles. The van der Waals surface area contributed by atoms with E-state index in [0.29, 0.717) is 36.0 Å². The number of ether oxygens (including phenoxy) is 3. The molecule has 1 atom stereocenters. The fraction of sp³-hybridized carbons (Fsp3) is 0.185. The first-order valence-electron chi connectivity index (χ1n) is 11.0. The van der Waals surface area contributed by atoms with Crippen LogP contribution in [0.3, 0.4) is 0 Å². The Morgan fingerprint density at radius 3 is 2.26 bits per heavy atom. The van der Waals surface area contributed by atoms with Gasteiger partial charge in [-0.15, -0.1) is 0 Å². The molecule has 0 unspecified atom stereocenters. The Morgan fingerprint density at radius 1 is 0.882 bits per heavy atom. The summed E-state index contributed by atoms with van der Waals surface area (Å²) in [5.74, 6) is 1.18. The third-order valence-electron chi connectivity index (χ3n) is 5.21. The van der Waals surface area contributed by atoms with E-state index in [-0.39, 0.29) is 11.5 Å². The molecule has 1 heterocycles. The molecule has 0 saturated carbocycles. The molecule has 2 amide bonds. The number of methoxy groups -OCH3 is 1. The van der Waals surface area contributed by atoms with Crippen LogP contribution in [0.1, 0.15) is 12.5 Å². The van der Waals surface area contributed by atoms with Crippen molar-refractivity contribution >= 4 is 23.6 Å². The summed E-state index contributed by atoms with van der Waals surface area (Å²) in [5.41, 5.74) is 3.89. The fourth-order valence-corrected chi connectivity index (χ4v) is 3.41. The Balaban J connectivity index is 1.41. The molecule has 7 heteroatoms. The number of carbonyl (C=O) groups is 2. The normalized spacial score (nSPS) is 15.2. The number of para-hydroxylation sites is 2. The first-order chi connectivity index (χ1) is 16.5. The van der Waals surface area contributed by atoms with Gasteiger partial charge in [0.2, 0.25) is 0 Å². The predicted molar refractivity (Wildman–Crippen MR) is 130 cm³/mol. The number of anilines is 1. The third-order valence-corrected chi connectivity index (χ3v) is 5.21. The summed E-state index contributed by atoms with van der Waals surface area (Å²) in [7, 11) is 1.55. The molecule has 4 rings (SSSR count). The summed E-state index contributed by atoms with van der Waals surface area (Å²) in [4.78, 5) is 25.2. The Labute approximate surface area is 198 Å². The maximum atomic E-state index is 12.8. The van der Waals surface area contributed by atoms with Gasteiger partial charge in [-0.2, -0.15) is 0 Å². The quantitative estimate of drug-likeness (QED) is 0.383. The fourth-order valence-electron chi connectivity index (χ4n) is 3.41. The summed E-state index contributed by atoms with van der Waals surface area (Å²) >= 11 is 0. The van der Waals surface area contributed by atoms with Crippen LogP contribution in [0.4, 0.5) is 5.69 Å². The van der Waals surface area contributed by atoms with Crippen LogP contribution in [0.25, 0.3) is 6.08 Å². The van der Waals surface area contributed by atoms with Gasteiger partial charge in [0.25, 0.3) is 11.8 Å². The van der Waals surface area contributed by atoms with E-state index < -0.39 is 11.8 Å². The highest BCUT2D eigenvalue weighted by Crippen LogP contribution is 2.30. The van der Waals surface area contributed by atoms with E-state index in [9.17, 15) is 9.59 Å². The second kappa shape index (κ2) is 10.6. The topological polar surface area (TPSA) is 77.1 Å². The maximum Gasteiger partial charge on any atom is 0.282 e. The van der Waals surface area contributed by atoms with E-state index >= 15 is 0 Å². The average molecular weight is 459 g/mol. The Morgan fingerprint density at radius 2 is 1.56 bits per heavy atom. The van der Waals surface area contributed by atoms with E-state index in [1.165, 1.54) is 5.01 Å². The highest BCUT2D eigenvalue weighted by molar-refractivity contribution is 6.31. The number of nitrogens with one attached hydrogen (secondary N) is 1. The van der Waals surface area contributed by atoms with Crippen LogP contribution in [0.5, 0.6) is 17.2 Å². The number of hydrazine groups is 1. The molecule has 1 N–H and O–H groups in total. The largest absolute Gasteiger partial charge is 0.493 e. The van der Waals surface area contributed by atoms with Gasteiger partial charge in [0.15, 0.2) is 11.5 Å². The summed E-state index contributed by atoms with van der Waals surface area (Å²) in [6.45, 7) is 3.00. The second-order valence-corrected chi connectivity index (χ2v) is 7.93. The summed E-state index contributed by atoms with van der Waals surface area (Å²) in [6.07, 6.45) is 1.54. The number of nitrogens with zero attached hydrogens (tertiary/aromatic N) is 1. The van der Waals surface area contributed by atoms with Crippen molar-refractivity contribution in [2.75, 3.05) is 25.3 Å². The molecule has 3 aromatic rings. The second-order valence-electron chi connectivity index (χ2n) is 7.93. The Bertz CT molecular complexity index is 1180. The Kier molecular flexibility index (Phi) is 7.13. The van der Waals surface area contributed by atoms with Gasteiger partial charge in [-0.3, -0.25) is 15.0 Å². The molecule has 3 aromatic carbocycles. The van der Waals surface area contributed by atoms with Crippen LogP contribution in [0, 0.1) is 5.92 Å². The lowest BCUT2D eigenvalue weighted by molar-refractivity contribution is -0.117. The molecule has 1 aliphatic rings. The monoisotopic (exact) mass is 458 g/mol. The van der Waals surface area contributed by atoms with E-state index in [4.69, 9.17) is 14.2 Å². The van der Waals surface area contributed by atoms with Crippen molar-refractivity contribution in [1.29, 1.82) is 0 Å². The van der Waals surface area contributed by atoms with Gasteiger partial charge < -0.3 is 14.2 Å². The number of amides is 2. The van der Waals surface area contributed by atoms with Crippen LogP contribution in [0.2, 0.25) is 0 Å². The van der Waals surface area contributed by atoms with Crippen molar-refractivity contribution in [2.24, 2.45) is 5.92 Å². The first kappa shape index (κ1) is 22.9. The highest BCUT2D eigenvalue weighted by Gasteiger charge is 2.34. The van der Waals surface area contributed by atoms with Crippen LogP contribution in [-0.4, -0.2) is 32.1 Å². The van der Waals surface area contributed by atoms with Crippen molar-refractivity contribution < 1.29 is 23.8 Å². The minimum atomic E-state index is -0.458. The van der Waals surface area contributed by atoms with E-state index in [1.807, 2.05) is 43.3 Å². The van der Waals surface area contributed by atoms with Crippen LogP contribution >= 0.6 is 0 Å². The van der Waals surface area contributed by atoms with Crippen molar-refractivity contribution in [3.63, 3.8) is 0 Å². The minimum absolute atomic E-state index is 0.0475. The summed E-state index contributed by atoms with van der Waals surface area (Å²) < 4.78 is 17.2. The SMILES string of the molecule is COc1cc(/C=C2\C(=O)NN(c3ccccc3)C2=O)ccc1OC[C@H](C)COc1ccccc1. The molecule has 0 bridgehead atoms. The zero-order valence-electron chi connectivity index (χ0n) is 19.1. The van der Waals surface area contributed by atoms with Crippen molar-refractivity contribution in [1.82, 2.24) is 5.43 Å². The van der Waals surface area contributed by atoms with Gasteiger partial charge in [-0.05, 0) is 48.0 Å². The van der Waals surface area contributed by atoms with E-state index in [2.05, 4.69) is 5.43 Å². The van der Waals surface area contributed by atoms with Crippen LogP contribution < -0.4 is 24.6 Å². The van der Waals surface area contributed by atoms with Gasteiger partial charge in [0.1, 0.15) is 11.3 Å². The van der Waals surface area contributed by atoms with E-state index in [1.54, 1.807) is 55.7 Å². The molecule has 0 aromatic heterocycles.